The topological polar surface area (TPSA) is 0 Å². The third kappa shape index (κ3) is 5.70. The first-order valence-corrected chi connectivity index (χ1v) is 7.39. The van der Waals surface area contributed by atoms with Crippen LogP contribution in [0.2, 0.25) is 0 Å². The molecule has 0 atom stereocenters. The van der Waals surface area contributed by atoms with E-state index in [0.29, 0.717) is 18.8 Å². The predicted octanol–water partition coefficient (Wildman–Crippen LogP) is 6.48. The van der Waals surface area contributed by atoms with Gasteiger partial charge in [-0.15, -0.1) is 0 Å². The van der Waals surface area contributed by atoms with Crippen molar-refractivity contribution in [1.29, 1.82) is 0 Å². The highest BCUT2D eigenvalue weighted by Gasteiger charge is 2.80. The number of unbranched alkanes of at least 4 members (excludes halogenated alkanes) is 6. The van der Waals surface area contributed by atoms with Crippen molar-refractivity contribution in [2.24, 2.45) is 0 Å². The Kier molecular flexibility index (Phi) is 8.15. The maximum atomic E-state index is 13.1. The van der Waals surface area contributed by atoms with Gasteiger partial charge in [0, 0.05) is 6.42 Å². The minimum atomic E-state index is -6.44. The van der Waals surface area contributed by atoms with Crippen LogP contribution >= 0.6 is 11.6 Å². The molecule has 0 aliphatic heterocycles. The Balaban J connectivity index is 4.72. The van der Waals surface area contributed by atoms with E-state index in [1.807, 2.05) is 6.92 Å². The number of halogens is 9. The molecule has 0 heterocycles. The van der Waals surface area contributed by atoms with Gasteiger partial charge >= 0.3 is 23.1 Å². The van der Waals surface area contributed by atoms with E-state index in [2.05, 4.69) is 11.6 Å². The van der Waals surface area contributed by atoms with E-state index in [1.165, 1.54) is 0 Å². The average Bonchev–Trinajstić information content (AvgIpc) is 2.40. The van der Waals surface area contributed by atoms with Gasteiger partial charge in [-0.05, 0) is 23.9 Å². The molecule has 0 N–H and O–H groups in total. The lowest BCUT2D eigenvalue weighted by Gasteiger charge is -2.31. The van der Waals surface area contributed by atoms with Crippen LogP contribution in [0, 0.1) is 11.8 Å². The molecule has 0 aliphatic rings. The molecule has 0 saturated heterocycles. The highest BCUT2D eigenvalue weighted by atomic mass is 35.5. The van der Waals surface area contributed by atoms with E-state index in [1.54, 1.807) is 5.92 Å². The molecule has 0 aliphatic carbocycles. The van der Waals surface area contributed by atoms with Crippen molar-refractivity contribution in [2.75, 3.05) is 0 Å². The minimum Gasteiger partial charge on any atom is -0.191 e. The molecule has 0 unspecified atom stereocenters. The Morgan fingerprint density at radius 2 is 1.22 bits per heavy atom. The number of alkyl halides is 9. The van der Waals surface area contributed by atoms with Gasteiger partial charge in [-0.25, -0.2) is 0 Å². The molecule has 9 heteroatoms. The summed E-state index contributed by atoms with van der Waals surface area (Å²) in [6.45, 7) is 1.99. The third-order valence-corrected chi connectivity index (χ3v) is 3.28. The van der Waals surface area contributed by atoms with Gasteiger partial charge in [0.2, 0.25) is 0 Å². The van der Waals surface area contributed by atoms with E-state index in [9.17, 15) is 35.1 Å². The first-order chi connectivity index (χ1) is 10.3. The van der Waals surface area contributed by atoms with Crippen LogP contribution in [0.5, 0.6) is 0 Å². The molecule has 136 valence electrons. The van der Waals surface area contributed by atoms with Crippen molar-refractivity contribution in [3.63, 3.8) is 0 Å². The molecule has 0 aromatic carbocycles. The van der Waals surface area contributed by atoms with Crippen LogP contribution in [0.15, 0.2) is 0 Å². The van der Waals surface area contributed by atoms with Crippen LogP contribution in [0.25, 0.3) is 0 Å². The Morgan fingerprint density at radius 3 is 1.70 bits per heavy atom. The van der Waals surface area contributed by atoms with Crippen LogP contribution in [-0.4, -0.2) is 23.1 Å². The van der Waals surface area contributed by atoms with E-state index in [-0.39, 0.29) is 6.42 Å². The second kappa shape index (κ2) is 8.41. The fraction of sp³-hybridized carbons (Fsp3) is 0.857. The van der Waals surface area contributed by atoms with Crippen molar-refractivity contribution in [3.05, 3.63) is 0 Å². The van der Waals surface area contributed by atoms with Gasteiger partial charge in [-0.3, -0.25) is 0 Å². The summed E-state index contributed by atoms with van der Waals surface area (Å²) in [4.78, 5) is 0. The molecule has 0 aromatic heterocycles. The quantitative estimate of drug-likeness (QED) is 0.188. The molecule has 0 saturated carbocycles. The Bertz CT molecular complexity index is 417. The van der Waals surface area contributed by atoms with Gasteiger partial charge in [0.1, 0.15) is 0 Å². The molecule has 23 heavy (non-hydrogen) atoms. The zero-order valence-electron chi connectivity index (χ0n) is 12.4. The van der Waals surface area contributed by atoms with Crippen LogP contribution in [-0.2, 0) is 0 Å². The van der Waals surface area contributed by atoms with Gasteiger partial charge in [0.25, 0.3) is 0 Å². The molecular weight excluding hydrogens is 356 g/mol. The van der Waals surface area contributed by atoms with Crippen molar-refractivity contribution in [1.82, 2.24) is 0 Å². The summed E-state index contributed by atoms with van der Waals surface area (Å²) in [5.74, 6) is -16.2. The molecule has 0 spiro atoms. The lowest BCUT2D eigenvalue weighted by atomic mass is 10.0. The average molecular weight is 373 g/mol. The SMILES string of the molecule is CCCCCCCCC#CC(F)(F)C(F)(F)C(F)(F)C(F)(F)Cl. The maximum absolute atomic E-state index is 13.1. The van der Waals surface area contributed by atoms with Crippen molar-refractivity contribution < 1.29 is 35.1 Å². The molecule has 0 nitrogen and oxygen atoms in total. The van der Waals surface area contributed by atoms with Crippen molar-refractivity contribution in [3.8, 4) is 11.8 Å². The summed E-state index contributed by atoms with van der Waals surface area (Å²) in [5, 5.41) is -5.83. The monoisotopic (exact) mass is 372 g/mol. The number of hydrogen-bond donors (Lipinski definition) is 0. The zero-order valence-corrected chi connectivity index (χ0v) is 13.1. The summed E-state index contributed by atoms with van der Waals surface area (Å²) in [6, 6.07) is 0. The third-order valence-electron chi connectivity index (χ3n) is 3.05. The normalized spacial score (nSPS) is 13.7. The van der Waals surface area contributed by atoms with Crippen LogP contribution < -0.4 is 0 Å². The van der Waals surface area contributed by atoms with Gasteiger partial charge in [-0.1, -0.05) is 44.9 Å². The Hall–Kier alpha value is -0.710. The standard InChI is InChI=1S/C14H17ClF8/c1-2-3-4-5-6-7-8-9-10-11(16,17)12(18,19)13(20,21)14(15,22)23/h2-8H2,1H3. The van der Waals surface area contributed by atoms with Crippen LogP contribution in [0.1, 0.15) is 51.9 Å². The first kappa shape index (κ1) is 22.3. The van der Waals surface area contributed by atoms with E-state index < -0.39 is 23.1 Å². The maximum Gasteiger partial charge on any atom is 0.393 e. The second-order valence-electron chi connectivity index (χ2n) is 5.04. The van der Waals surface area contributed by atoms with Gasteiger partial charge in [-0.2, -0.15) is 35.1 Å². The van der Waals surface area contributed by atoms with Gasteiger partial charge < -0.3 is 0 Å². The first-order valence-electron chi connectivity index (χ1n) is 7.01. The molecule has 0 aromatic rings. The van der Waals surface area contributed by atoms with Gasteiger partial charge in [0.15, 0.2) is 0 Å². The van der Waals surface area contributed by atoms with Crippen LogP contribution in [0.4, 0.5) is 35.1 Å². The lowest BCUT2D eigenvalue weighted by molar-refractivity contribution is -0.333. The summed E-state index contributed by atoms with van der Waals surface area (Å²) < 4.78 is 102. The molecule has 0 amide bonds. The molecule has 0 fully saturated rings. The van der Waals surface area contributed by atoms with Crippen molar-refractivity contribution in [2.45, 2.75) is 75.0 Å². The predicted molar refractivity (Wildman–Crippen MR) is 71.4 cm³/mol. The Morgan fingerprint density at radius 1 is 0.739 bits per heavy atom. The summed E-state index contributed by atoms with van der Waals surface area (Å²) >= 11 is 3.81. The summed E-state index contributed by atoms with van der Waals surface area (Å²) in [7, 11) is 0. The Labute approximate surface area is 134 Å². The fourth-order valence-corrected chi connectivity index (χ4v) is 1.74. The largest absolute Gasteiger partial charge is 0.393 e. The molecular formula is C14H17ClF8. The molecule has 0 radical (unpaired) electrons. The number of rotatable bonds is 9. The lowest BCUT2D eigenvalue weighted by Crippen LogP contribution is -2.60. The van der Waals surface area contributed by atoms with Gasteiger partial charge in [0.05, 0.1) is 0 Å². The highest BCUT2D eigenvalue weighted by molar-refractivity contribution is 6.22. The smallest absolute Gasteiger partial charge is 0.191 e. The summed E-state index contributed by atoms with van der Waals surface area (Å²) in [6.07, 6.45) is 4.44. The van der Waals surface area contributed by atoms with E-state index in [4.69, 9.17) is 0 Å². The highest BCUT2D eigenvalue weighted by Crippen LogP contribution is 2.53. The van der Waals surface area contributed by atoms with Crippen molar-refractivity contribution >= 4 is 11.6 Å². The van der Waals surface area contributed by atoms with Crippen LogP contribution in [0.3, 0.4) is 0 Å². The van der Waals surface area contributed by atoms with E-state index >= 15 is 0 Å². The zero-order chi connectivity index (χ0) is 18.4. The fourth-order valence-electron chi connectivity index (χ4n) is 1.62. The number of hydrogen-bond acceptors (Lipinski definition) is 0. The van der Waals surface area contributed by atoms with E-state index in [0.717, 1.165) is 25.7 Å². The molecule has 0 rings (SSSR count). The minimum absolute atomic E-state index is 0.222. The molecule has 0 bridgehead atoms. The summed E-state index contributed by atoms with van der Waals surface area (Å²) in [5.41, 5.74) is 0. The second-order valence-corrected chi connectivity index (χ2v) is 5.52.